The van der Waals surface area contributed by atoms with Crippen molar-refractivity contribution in [2.24, 2.45) is 0 Å². The van der Waals surface area contributed by atoms with Crippen LogP contribution in [0.25, 0.3) is 0 Å². The number of anilines is 2. The Morgan fingerprint density at radius 1 is 1.00 bits per heavy atom. The summed E-state index contributed by atoms with van der Waals surface area (Å²) in [6.07, 6.45) is -2.49. The molecule has 0 aliphatic rings. The number of alkyl halides is 3. The molecule has 1 heterocycles. The molecular weight excluding hydrogens is 269 g/mol. The van der Waals surface area contributed by atoms with Crippen LogP contribution in [-0.2, 0) is 6.42 Å². The quantitative estimate of drug-likeness (QED) is 0.768. The Morgan fingerprint density at radius 3 is 2.10 bits per heavy atom. The minimum absolute atomic E-state index is 0.181. The zero-order valence-corrected chi connectivity index (χ0v) is 11.8. The zero-order chi connectivity index (χ0) is 15.0. The summed E-state index contributed by atoms with van der Waals surface area (Å²) >= 11 is 0. The van der Waals surface area contributed by atoms with Gasteiger partial charge in [0.15, 0.2) is 0 Å². The molecule has 0 saturated carbocycles. The van der Waals surface area contributed by atoms with Crippen molar-refractivity contribution in [2.75, 3.05) is 23.7 Å². The molecule has 4 nitrogen and oxygen atoms in total. The molecule has 0 radical (unpaired) electrons. The summed E-state index contributed by atoms with van der Waals surface area (Å²) in [5.41, 5.74) is 0. The van der Waals surface area contributed by atoms with E-state index in [0.717, 1.165) is 19.4 Å². The van der Waals surface area contributed by atoms with Gasteiger partial charge in [-0.15, -0.1) is 0 Å². The van der Waals surface area contributed by atoms with Crippen LogP contribution in [0.15, 0.2) is 6.07 Å². The molecule has 2 N–H and O–H groups in total. The van der Waals surface area contributed by atoms with E-state index in [9.17, 15) is 13.2 Å². The van der Waals surface area contributed by atoms with Crippen LogP contribution in [0, 0.1) is 0 Å². The summed E-state index contributed by atoms with van der Waals surface area (Å²) in [6, 6.07) is 1.64. The number of nitrogens with one attached hydrogen (secondary N) is 2. The van der Waals surface area contributed by atoms with Crippen LogP contribution in [0.5, 0.6) is 0 Å². The molecule has 0 saturated heterocycles. The number of aromatic nitrogens is 2. The smallest absolute Gasteiger partial charge is 0.370 e. The first-order chi connectivity index (χ1) is 9.44. The third-order valence-electron chi connectivity index (χ3n) is 2.52. The van der Waals surface area contributed by atoms with Gasteiger partial charge in [0.2, 0.25) is 0 Å². The Hall–Kier alpha value is -1.53. The van der Waals surface area contributed by atoms with E-state index >= 15 is 0 Å². The molecule has 7 heteroatoms. The van der Waals surface area contributed by atoms with E-state index in [1.165, 1.54) is 0 Å². The van der Waals surface area contributed by atoms with Crippen LogP contribution >= 0.6 is 0 Å². The van der Waals surface area contributed by atoms with Gasteiger partial charge < -0.3 is 10.6 Å². The van der Waals surface area contributed by atoms with Gasteiger partial charge in [-0.3, -0.25) is 0 Å². The largest absolute Gasteiger partial charge is 0.390 e. The lowest BCUT2D eigenvalue weighted by Gasteiger charge is -2.11. The molecule has 1 aromatic rings. The predicted molar refractivity (Wildman–Crippen MR) is 74.0 cm³/mol. The van der Waals surface area contributed by atoms with Crippen LogP contribution in [0.2, 0.25) is 0 Å². The highest BCUT2D eigenvalue weighted by molar-refractivity contribution is 5.47. The predicted octanol–water partition coefficient (Wildman–Crippen LogP) is 3.62. The number of hydrogen-bond acceptors (Lipinski definition) is 4. The molecule has 0 spiro atoms. The van der Waals surface area contributed by atoms with Gasteiger partial charge in [0.25, 0.3) is 0 Å². The van der Waals surface area contributed by atoms with Crippen molar-refractivity contribution in [2.45, 2.75) is 45.7 Å². The monoisotopic (exact) mass is 290 g/mol. The summed E-state index contributed by atoms with van der Waals surface area (Å²) in [5.74, 6) is 1.73. The number of nitrogens with zero attached hydrogens (tertiary/aromatic N) is 2. The first kappa shape index (κ1) is 16.5. The van der Waals surface area contributed by atoms with Crippen molar-refractivity contribution < 1.29 is 13.2 Å². The number of halogens is 3. The van der Waals surface area contributed by atoms with Crippen LogP contribution in [-0.4, -0.2) is 29.2 Å². The van der Waals surface area contributed by atoms with Gasteiger partial charge in [0, 0.05) is 25.6 Å². The maximum absolute atomic E-state index is 12.1. The van der Waals surface area contributed by atoms with Crippen molar-refractivity contribution in [3.63, 3.8) is 0 Å². The summed E-state index contributed by atoms with van der Waals surface area (Å²) in [6.45, 7) is 4.62. The van der Waals surface area contributed by atoms with E-state index in [0.29, 0.717) is 23.9 Å². The average molecular weight is 290 g/mol. The SMILES string of the molecule is CCCNc1cc(NCCC(F)(F)F)nc(CCC)n1. The minimum Gasteiger partial charge on any atom is -0.370 e. The van der Waals surface area contributed by atoms with Crippen LogP contribution < -0.4 is 10.6 Å². The van der Waals surface area contributed by atoms with Crippen LogP contribution in [0.1, 0.15) is 38.9 Å². The molecule has 0 bridgehead atoms. The number of rotatable bonds is 8. The Labute approximate surface area is 117 Å². The van der Waals surface area contributed by atoms with Gasteiger partial charge in [0.05, 0.1) is 6.42 Å². The van der Waals surface area contributed by atoms with Gasteiger partial charge in [-0.05, 0) is 12.8 Å². The van der Waals surface area contributed by atoms with Crippen molar-refractivity contribution in [3.8, 4) is 0 Å². The van der Waals surface area contributed by atoms with E-state index in [1.807, 2.05) is 13.8 Å². The molecular formula is C13H21F3N4. The Bertz CT molecular complexity index is 407. The lowest BCUT2D eigenvalue weighted by molar-refractivity contribution is -0.131. The van der Waals surface area contributed by atoms with Crippen molar-refractivity contribution in [1.82, 2.24) is 9.97 Å². The van der Waals surface area contributed by atoms with Crippen LogP contribution in [0.3, 0.4) is 0 Å². The molecule has 20 heavy (non-hydrogen) atoms. The third-order valence-corrected chi connectivity index (χ3v) is 2.52. The standard InChI is InChI=1S/C13H21F3N4/c1-3-5-10-19-11(17-7-4-2)9-12(20-10)18-8-6-13(14,15)16/h9H,3-8H2,1-2H3,(H2,17,18,19,20). The molecule has 0 aliphatic heterocycles. The molecule has 0 fully saturated rings. The number of aryl methyl sites for hydroxylation is 1. The van der Waals surface area contributed by atoms with Gasteiger partial charge in [0.1, 0.15) is 17.5 Å². The van der Waals surface area contributed by atoms with E-state index in [-0.39, 0.29) is 6.54 Å². The number of hydrogen-bond donors (Lipinski definition) is 2. The zero-order valence-electron chi connectivity index (χ0n) is 11.8. The second-order valence-corrected chi connectivity index (χ2v) is 4.52. The molecule has 0 amide bonds. The second kappa shape index (κ2) is 7.91. The summed E-state index contributed by atoms with van der Waals surface area (Å²) in [7, 11) is 0. The Kier molecular flexibility index (Phi) is 6.54. The maximum atomic E-state index is 12.1. The maximum Gasteiger partial charge on any atom is 0.390 e. The highest BCUT2D eigenvalue weighted by Crippen LogP contribution is 2.20. The minimum atomic E-state index is -4.16. The highest BCUT2D eigenvalue weighted by Gasteiger charge is 2.26. The van der Waals surface area contributed by atoms with Crippen LogP contribution in [0.4, 0.5) is 24.8 Å². The van der Waals surface area contributed by atoms with Gasteiger partial charge >= 0.3 is 6.18 Å². The average Bonchev–Trinajstić information content (AvgIpc) is 2.35. The summed E-state index contributed by atoms with van der Waals surface area (Å²) < 4.78 is 36.4. The normalized spacial score (nSPS) is 11.4. The molecule has 0 atom stereocenters. The second-order valence-electron chi connectivity index (χ2n) is 4.52. The van der Waals surface area contributed by atoms with Crippen molar-refractivity contribution in [1.29, 1.82) is 0 Å². The topological polar surface area (TPSA) is 49.8 Å². The first-order valence-corrected chi connectivity index (χ1v) is 6.87. The van der Waals surface area contributed by atoms with E-state index < -0.39 is 12.6 Å². The molecule has 0 aromatic carbocycles. The van der Waals surface area contributed by atoms with E-state index in [2.05, 4.69) is 20.6 Å². The molecule has 0 unspecified atom stereocenters. The fourth-order valence-corrected chi connectivity index (χ4v) is 1.60. The van der Waals surface area contributed by atoms with Gasteiger partial charge in [-0.1, -0.05) is 13.8 Å². The van der Waals surface area contributed by atoms with E-state index in [1.54, 1.807) is 6.07 Å². The van der Waals surface area contributed by atoms with Crippen molar-refractivity contribution in [3.05, 3.63) is 11.9 Å². The Morgan fingerprint density at radius 2 is 1.60 bits per heavy atom. The third kappa shape index (κ3) is 6.58. The van der Waals surface area contributed by atoms with E-state index in [4.69, 9.17) is 0 Å². The van der Waals surface area contributed by atoms with Gasteiger partial charge in [-0.25, -0.2) is 9.97 Å². The molecule has 114 valence electrons. The van der Waals surface area contributed by atoms with Gasteiger partial charge in [-0.2, -0.15) is 13.2 Å². The lowest BCUT2D eigenvalue weighted by atomic mass is 10.3. The lowest BCUT2D eigenvalue weighted by Crippen LogP contribution is -2.16. The molecule has 0 aliphatic carbocycles. The first-order valence-electron chi connectivity index (χ1n) is 6.87. The van der Waals surface area contributed by atoms with Crippen molar-refractivity contribution >= 4 is 11.6 Å². The fourth-order valence-electron chi connectivity index (χ4n) is 1.60. The highest BCUT2D eigenvalue weighted by atomic mass is 19.4. The molecule has 1 aromatic heterocycles. The summed E-state index contributed by atoms with van der Waals surface area (Å²) in [4.78, 5) is 8.55. The summed E-state index contributed by atoms with van der Waals surface area (Å²) in [5, 5.41) is 5.83. The fraction of sp³-hybridized carbons (Fsp3) is 0.692. The molecule has 1 rings (SSSR count). The Balaban J connectivity index is 2.69.